The number of ether oxygens (including phenoxy) is 2. The zero-order chi connectivity index (χ0) is 17.9. The summed E-state index contributed by atoms with van der Waals surface area (Å²) in [6.07, 6.45) is 3.78. The molecule has 0 spiro atoms. The maximum atomic E-state index is 5.24. The minimum atomic E-state index is 0.421. The number of hydrogen-bond donors (Lipinski definition) is 0. The quantitative estimate of drug-likeness (QED) is 0.715. The molecular weight excluding hydrogens is 330 g/mol. The van der Waals surface area contributed by atoms with Crippen molar-refractivity contribution in [1.29, 1.82) is 0 Å². The zero-order valence-electron chi connectivity index (χ0n) is 14.9. The summed E-state index contributed by atoms with van der Waals surface area (Å²) in [7, 11) is 3.19. The van der Waals surface area contributed by atoms with Crippen LogP contribution in [-0.2, 0) is 0 Å². The minimum Gasteiger partial charge on any atom is -0.481 e. The number of fused-ring (bicyclic) bond motifs is 1. The number of methoxy groups -OCH3 is 2. The van der Waals surface area contributed by atoms with Crippen molar-refractivity contribution in [3.8, 4) is 11.8 Å². The van der Waals surface area contributed by atoms with Crippen LogP contribution in [0.1, 0.15) is 24.5 Å². The number of aromatic nitrogens is 4. The van der Waals surface area contributed by atoms with Crippen LogP contribution in [0, 0.1) is 0 Å². The first-order chi connectivity index (χ1) is 12.8. The van der Waals surface area contributed by atoms with Crippen LogP contribution >= 0.6 is 0 Å². The first-order valence-corrected chi connectivity index (χ1v) is 8.70. The molecule has 1 saturated heterocycles. The van der Waals surface area contributed by atoms with Gasteiger partial charge in [0.25, 0.3) is 0 Å². The van der Waals surface area contributed by atoms with Crippen LogP contribution in [0.4, 0.5) is 5.95 Å². The van der Waals surface area contributed by atoms with E-state index in [2.05, 4.69) is 32.0 Å². The Balaban J connectivity index is 1.50. The van der Waals surface area contributed by atoms with E-state index in [1.807, 2.05) is 12.1 Å². The summed E-state index contributed by atoms with van der Waals surface area (Å²) in [5.41, 5.74) is 1.92. The van der Waals surface area contributed by atoms with Gasteiger partial charge in [-0.1, -0.05) is 0 Å². The average molecular weight is 351 g/mol. The van der Waals surface area contributed by atoms with Crippen molar-refractivity contribution in [2.45, 2.75) is 18.8 Å². The zero-order valence-corrected chi connectivity index (χ0v) is 14.9. The molecule has 0 radical (unpaired) electrons. The van der Waals surface area contributed by atoms with E-state index in [-0.39, 0.29) is 0 Å². The van der Waals surface area contributed by atoms with E-state index in [9.17, 15) is 0 Å². The largest absolute Gasteiger partial charge is 0.481 e. The number of nitrogens with zero attached hydrogens (tertiary/aromatic N) is 5. The highest BCUT2D eigenvalue weighted by atomic mass is 16.5. The summed E-state index contributed by atoms with van der Waals surface area (Å²) in [5, 5.41) is 1.07. The molecule has 4 rings (SSSR count). The van der Waals surface area contributed by atoms with E-state index < -0.39 is 0 Å². The van der Waals surface area contributed by atoms with Gasteiger partial charge >= 0.3 is 0 Å². The minimum absolute atomic E-state index is 0.421. The summed E-state index contributed by atoms with van der Waals surface area (Å²) in [6, 6.07) is 9.88. The monoisotopic (exact) mass is 351 g/mol. The lowest BCUT2D eigenvalue weighted by Crippen LogP contribution is -2.34. The van der Waals surface area contributed by atoms with E-state index in [1.54, 1.807) is 26.5 Å². The van der Waals surface area contributed by atoms with Crippen LogP contribution in [0.25, 0.3) is 11.0 Å². The maximum absolute atomic E-state index is 5.24. The standard InChI is InChI=1S/C19H21N5O2/c1-25-16-12-17(26-2)23-19(22-16)24-10-7-13(8-11-24)15-6-5-14-4-3-9-20-18(14)21-15/h3-6,9,12-13H,7-8,10-11H2,1-2H3. The number of piperidine rings is 1. The van der Waals surface area contributed by atoms with Gasteiger partial charge in [0.2, 0.25) is 17.7 Å². The van der Waals surface area contributed by atoms with Gasteiger partial charge in [-0.05, 0) is 37.1 Å². The van der Waals surface area contributed by atoms with Gasteiger partial charge in [-0.25, -0.2) is 9.97 Å². The Morgan fingerprint density at radius 1 is 0.962 bits per heavy atom. The fraction of sp³-hybridized carbons (Fsp3) is 0.368. The van der Waals surface area contributed by atoms with Crippen molar-refractivity contribution in [1.82, 2.24) is 19.9 Å². The molecule has 0 atom stereocenters. The van der Waals surface area contributed by atoms with Crippen molar-refractivity contribution in [3.05, 3.63) is 42.2 Å². The van der Waals surface area contributed by atoms with Gasteiger partial charge < -0.3 is 14.4 Å². The second-order valence-corrected chi connectivity index (χ2v) is 6.30. The molecule has 0 aromatic carbocycles. The van der Waals surface area contributed by atoms with Crippen LogP contribution in [0.5, 0.6) is 11.8 Å². The molecule has 0 N–H and O–H groups in total. The summed E-state index contributed by atoms with van der Waals surface area (Å²) in [4.78, 5) is 20.2. The van der Waals surface area contributed by atoms with Crippen molar-refractivity contribution < 1.29 is 9.47 Å². The highest BCUT2D eigenvalue weighted by molar-refractivity contribution is 5.74. The van der Waals surface area contributed by atoms with Crippen LogP contribution in [0.3, 0.4) is 0 Å². The molecule has 4 heterocycles. The lowest BCUT2D eigenvalue weighted by atomic mass is 9.93. The summed E-state index contributed by atoms with van der Waals surface area (Å²) in [5.74, 6) is 2.09. The Bertz CT molecular complexity index is 887. The average Bonchev–Trinajstić information content (AvgIpc) is 2.73. The predicted molar refractivity (Wildman–Crippen MR) is 98.9 cm³/mol. The molecule has 0 amide bonds. The van der Waals surface area contributed by atoms with E-state index in [4.69, 9.17) is 14.5 Å². The van der Waals surface area contributed by atoms with Crippen LogP contribution < -0.4 is 14.4 Å². The topological polar surface area (TPSA) is 73.3 Å². The number of pyridine rings is 2. The first kappa shape index (κ1) is 16.5. The molecule has 0 bridgehead atoms. The van der Waals surface area contributed by atoms with Gasteiger partial charge in [-0.3, -0.25) is 0 Å². The third-order valence-electron chi connectivity index (χ3n) is 4.77. The van der Waals surface area contributed by atoms with E-state index >= 15 is 0 Å². The molecule has 0 aliphatic carbocycles. The van der Waals surface area contributed by atoms with Gasteiger partial charge in [0, 0.05) is 36.3 Å². The summed E-state index contributed by atoms with van der Waals surface area (Å²) in [6.45, 7) is 1.73. The molecule has 26 heavy (non-hydrogen) atoms. The van der Waals surface area contributed by atoms with Gasteiger partial charge in [0.05, 0.1) is 20.3 Å². The fourth-order valence-electron chi connectivity index (χ4n) is 3.31. The molecule has 1 fully saturated rings. The number of anilines is 1. The van der Waals surface area contributed by atoms with Crippen LogP contribution in [-0.4, -0.2) is 47.2 Å². The smallest absolute Gasteiger partial charge is 0.231 e. The Labute approximate surface area is 152 Å². The Kier molecular flexibility index (Phi) is 4.51. The molecule has 7 nitrogen and oxygen atoms in total. The second-order valence-electron chi connectivity index (χ2n) is 6.30. The first-order valence-electron chi connectivity index (χ1n) is 8.70. The molecule has 1 aliphatic rings. The highest BCUT2D eigenvalue weighted by Crippen LogP contribution is 2.30. The molecule has 0 unspecified atom stereocenters. The molecule has 3 aromatic heterocycles. The lowest BCUT2D eigenvalue weighted by Gasteiger charge is -2.31. The van der Waals surface area contributed by atoms with Gasteiger partial charge in [-0.15, -0.1) is 0 Å². The Morgan fingerprint density at radius 3 is 2.38 bits per heavy atom. The van der Waals surface area contributed by atoms with E-state index in [0.717, 1.165) is 42.7 Å². The van der Waals surface area contributed by atoms with Gasteiger partial charge in [0.15, 0.2) is 5.65 Å². The molecule has 3 aromatic rings. The third-order valence-corrected chi connectivity index (χ3v) is 4.77. The molecule has 0 saturated carbocycles. The maximum Gasteiger partial charge on any atom is 0.231 e. The lowest BCUT2D eigenvalue weighted by molar-refractivity contribution is 0.370. The summed E-state index contributed by atoms with van der Waals surface area (Å²) < 4.78 is 10.5. The number of hydrogen-bond acceptors (Lipinski definition) is 7. The molecule has 1 aliphatic heterocycles. The Hall–Kier alpha value is -2.96. The van der Waals surface area contributed by atoms with E-state index in [1.165, 1.54) is 0 Å². The predicted octanol–water partition coefficient (Wildman–Crippen LogP) is 2.82. The molecular formula is C19H21N5O2. The van der Waals surface area contributed by atoms with Gasteiger partial charge in [0.1, 0.15) is 0 Å². The van der Waals surface area contributed by atoms with Crippen molar-refractivity contribution in [2.75, 3.05) is 32.2 Å². The van der Waals surface area contributed by atoms with Crippen LogP contribution in [0.15, 0.2) is 36.5 Å². The van der Waals surface area contributed by atoms with Crippen LogP contribution in [0.2, 0.25) is 0 Å². The fourth-order valence-corrected chi connectivity index (χ4v) is 3.31. The third kappa shape index (κ3) is 3.24. The van der Waals surface area contributed by atoms with Crippen molar-refractivity contribution in [2.24, 2.45) is 0 Å². The van der Waals surface area contributed by atoms with Crippen molar-refractivity contribution >= 4 is 17.0 Å². The SMILES string of the molecule is COc1cc(OC)nc(N2CCC(c3ccc4cccnc4n3)CC2)n1. The Morgan fingerprint density at radius 2 is 1.69 bits per heavy atom. The normalized spacial score (nSPS) is 15.2. The van der Waals surface area contributed by atoms with Crippen molar-refractivity contribution in [3.63, 3.8) is 0 Å². The molecule has 134 valence electrons. The second kappa shape index (κ2) is 7.11. The highest BCUT2D eigenvalue weighted by Gasteiger charge is 2.24. The number of rotatable bonds is 4. The van der Waals surface area contributed by atoms with Gasteiger partial charge in [-0.2, -0.15) is 9.97 Å². The summed E-state index contributed by atoms with van der Waals surface area (Å²) >= 11 is 0. The molecule has 7 heteroatoms. The van der Waals surface area contributed by atoms with E-state index in [0.29, 0.717) is 23.6 Å².